The molecule has 0 aliphatic carbocycles. The molecule has 0 saturated carbocycles. The Balaban J connectivity index is 2.46. The Morgan fingerprint density at radius 1 is 1.44 bits per heavy atom. The standard InChI is InChI=1S/C12H21N5O/c1-4-17(5-2)10(18)6-7-14-11-9(3)8-15-12(13)16-11/h8H,4-7H2,1-3H3,(H3,13,14,15,16). The van der Waals surface area contributed by atoms with Crippen LogP contribution in [0.3, 0.4) is 0 Å². The molecule has 6 heteroatoms. The molecule has 0 fully saturated rings. The van der Waals surface area contributed by atoms with Crippen molar-refractivity contribution in [1.82, 2.24) is 14.9 Å². The molecule has 1 aromatic rings. The predicted octanol–water partition coefficient (Wildman–Crippen LogP) is 1.04. The second-order valence-corrected chi connectivity index (χ2v) is 4.00. The average molecular weight is 251 g/mol. The lowest BCUT2D eigenvalue weighted by molar-refractivity contribution is -0.130. The normalized spacial score (nSPS) is 10.2. The Hall–Kier alpha value is -1.85. The number of nitrogens with zero attached hydrogens (tertiary/aromatic N) is 3. The molecule has 6 nitrogen and oxygen atoms in total. The highest BCUT2D eigenvalue weighted by molar-refractivity contribution is 5.76. The fraction of sp³-hybridized carbons (Fsp3) is 0.583. The van der Waals surface area contributed by atoms with E-state index in [0.717, 1.165) is 18.7 Å². The summed E-state index contributed by atoms with van der Waals surface area (Å²) in [6.45, 7) is 7.89. The van der Waals surface area contributed by atoms with Crippen molar-refractivity contribution in [3.8, 4) is 0 Å². The van der Waals surface area contributed by atoms with Crippen LogP contribution in [0.15, 0.2) is 6.20 Å². The van der Waals surface area contributed by atoms with Crippen molar-refractivity contribution in [3.05, 3.63) is 11.8 Å². The fourth-order valence-corrected chi connectivity index (χ4v) is 1.66. The highest BCUT2D eigenvalue weighted by Gasteiger charge is 2.09. The average Bonchev–Trinajstić information content (AvgIpc) is 2.35. The summed E-state index contributed by atoms with van der Waals surface area (Å²) in [4.78, 5) is 21.6. The Labute approximate surface area is 108 Å². The summed E-state index contributed by atoms with van der Waals surface area (Å²) < 4.78 is 0. The smallest absolute Gasteiger partial charge is 0.224 e. The van der Waals surface area contributed by atoms with Crippen LogP contribution in [0.1, 0.15) is 25.8 Å². The Bertz CT molecular complexity index is 403. The first-order valence-corrected chi connectivity index (χ1v) is 6.19. The summed E-state index contributed by atoms with van der Waals surface area (Å²) >= 11 is 0. The number of nitrogens with one attached hydrogen (secondary N) is 1. The monoisotopic (exact) mass is 251 g/mol. The quantitative estimate of drug-likeness (QED) is 0.789. The maximum absolute atomic E-state index is 11.8. The zero-order valence-electron chi connectivity index (χ0n) is 11.2. The molecule has 100 valence electrons. The van der Waals surface area contributed by atoms with Gasteiger partial charge in [-0.25, -0.2) is 4.98 Å². The predicted molar refractivity (Wildman–Crippen MR) is 72.2 cm³/mol. The lowest BCUT2D eigenvalue weighted by Gasteiger charge is -2.18. The molecule has 1 rings (SSSR count). The van der Waals surface area contributed by atoms with E-state index >= 15 is 0 Å². The maximum atomic E-state index is 11.8. The van der Waals surface area contributed by atoms with E-state index in [4.69, 9.17) is 5.73 Å². The van der Waals surface area contributed by atoms with Crippen LogP contribution < -0.4 is 11.1 Å². The van der Waals surface area contributed by atoms with Crippen LogP contribution in [-0.4, -0.2) is 40.4 Å². The van der Waals surface area contributed by atoms with Crippen molar-refractivity contribution in [2.75, 3.05) is 30.7 Å². The summed E-state index contributed by atoms with van der Waals surface area (Å²) in [6.07, 6.45) is 2.11. The van der Waals surface area contributed by atoms with Gasteiger partial charge in [0.1, 0.15) is 5.82 Å². The number of aryl methyl sites for hydroxylation is 1. The number of anilines is 2. The zero-order chi connectivity index (χ0) is 13.5. The van der Waals surface area contributed by atoms with Crippen molar-refractivity contribution >= 4 is 17.7 Å². The van der Waals surface area contributed by atoms with E-state index in [2.05, 4.69) is 15.3 Å². The minimum atomic E-state index is 0.146. The van der Waals surface area contributed by atoms with Crippen LogP contribution in [0.2, 0.25) is 0 Å². The van der Waals surface area contributed by atoms with Crippen molar-refractivity contribution < 1.29 is 4.79 Å². The summed E-state index contributed by atoms with van der Waals surface area (Å²) in [5.74, 6) is 1.07. The largest absolute Gasteiger partial charge is 0.369 e. The van der Waals surface area contributed by atoms with E-state index in [-0.39, 0.29) is 11.9 Å². The van der Waals surface area contributed by atoms with E-state index in [1.807, 2.05) is 25.7 Å². The molecule has 0 spiro atoms. The van der Waals surface area contributed by atoms with Gasteiger partial charge in [0.2, 0.25) is 11.9 Å². The van der Waals surface area contributed by atoms with Crippen molar-refractivity contribution in [2.45, 2.75) is 27.2 Å². The number of nitrogens with two attached hydrogens (primary N) is 1. The molecule has 0 aliphatic heterocycles. The number of hydrogen-bond acceptors (Lipinski definition) is 5. The zero-order valence-corrected chi connectivity index (χ0v) is 11.2. The summed E-state index contributed by atoms with van der Waals surface area (Å²) in [6, 6.07) is 0. The Morgan fingerprint density at radius 3 is 2.72 bits per heavy atom. The van der Waals surface area contributed by atoms with Gasteiger partial charge in [0, 0.05) is 37.8 Å². The first-order valence-electron chi connectivity index (χ1n) is 6.19. The van der Waals surface area contributed by atoms with Gasteiger partial charge in [-0.3, -0.25) is 4.79 Å². The fourth-order valence-electron chi connectivity index (χ4n) is 1.66. The highest BCUT2D eigenvalue weighted by atomic mass is 16.2. The third-order valence-corrected chi connectivity index (χ3v) is 2.74. The van der Waals surface area contributed by atoms with Crippen molar-refractivity contribution in [1.29, 1.82) is 0 Å². The van der Waals surface area contributed by atoms with E-state index in [9.17, 15) is 4.79 Å². The Kier molecular flexibility index (Phi) is 5.35. The SMILES string of the molecule is CCN(CC)C(=O)CCNc1nc(N)ncc1C. The first kappa shape index (κ1) is 14.2. The third-order valence-electron chi connectivity index (χ3n) is 2.74. The van der Waals surface area contributed by atoms with Gasteiger partial charge < -0.3 is 16.0 Å². The minimum absolute atomic E-state index is 0.146. The summed E-state index contributed by atoms with van der Waals surface area (Å²) in [5.41, 5.74) is 6.43. The van der Waals surface area contributed by atoms with E-state index < -0.39 is 0 Å². The van der Waals surface area contributed by atoms with Crippen LogP contribution >= 0.6 is 0 Å². The van der Waals surface area contributed by atoms with Gasteiger partial charge in [-0.15, -0.1) is 0 Å². The number of nitrogen functional groups attached to an aromatic ring is 1. The van der Waals surface area contributed by atoms with Gasteiger partial charge in [-0.1, -0.05) is 0 Å². The number of rotatable bonds is 6. The van der Waals surface area contributed by atoms with Crippen LogP contribution in [0.5, 0.6) is 0 Å². The minimum Gasteiger partial charge on any atom is -0.369 e. The maximum Gasteiger partial charge on any atom is 0.224 e. The number of carbonyl (C=O) groups is 1. The van der Waals surface area contributed by atoms with E-state index in [1.165, 1.54) is 0 Å². The van der Waals surface area contributed by atoms with E-state index in [1.54, 1.807) is 6.20 Å². The van der Waals surface area contributed by atoms with Crippen molar-refractivity contribution in [3.63, 3.8) is 0 Å². The second-order valence-electron chi connectivity index (χ2n) is 4.00. The van der Waals surface area contributed by atoms with Crippen LogP contribution in [-0.2, 0) is 4.79 Å². The van der Waals surface area contributed by atoms with Gasteiger partial charge in [0.05, 0.1) is 0 Å². The molecule has 0 atom stereocenters. The Morgan fingerprint density at radius 2 is 2.11 bits per heavy atom. The molecule has 3 N–H and O–H groups in total. The van der Waals surface area contributed by atoms with Crippen LogP contribution in [0.4, 0.5) is 11.8 Å². The molecular formula is C12H21N5O. The highest BCUT2D eigenvalue weighted by Crippen LogP contribution is 2.10. The molecule has 0 bridgehead atoms. The topological polar surface area (TPSA) is 84.1 Å². The van der Waals surface area contributed by atoms with Gasteiger partial charge >= 0.3 is 0 Å². The number of carbonyl (C=O) groups excluding carboxylic acids is 1. The number of hydrogen-bond donors (Lipinski definition) is 2. The molecular weight excluding hydrogens is 230 g/mol. The second kappa shape index (κ2) is 6.78. The molecule has 0 aliphatic rings. The van der Waals surface area contributed by atoms with Gasteiger partial charge in [0.15, 0.2) is 0 Å². The lowest BCUT2D eigenvalue weighted by atomic mass is 10.3. The van der Waals surface area contributed by atoms with E-state index in [0.29, 0.717) is 18.8 Å². The summed E-state index contributed by atoms with van der Waals surface area (Å²) in [5, 5.41) is 3.11. The molecule has 1 amide bonds. The van der Waals surface area contributed by atoms with Crippen molar-refractivity contribution in [2.24, 2.45) is 0 Å². The van der Waals surface area contributed by atoms with Crippen LogP contribution in [0.25, 0.3) is 0 Å². The molecule has 1 aromatic heterocycles. The first-order chi connectivity index (χ1) is 8.58. The summed E-state index contributed by atoms with van der Waals surface area (Å²) in [7, 11) is 0. The molecule has 0 aromatic carbocycles. The van der Waals surface area contributed by atoms with Gasteiger partial charge in [0.25, 0.3) is 0 Å². The molecule has 0 radical (unpaired) electrons. The molecule has 18 heavy (non-hydrogen) atoms. The number of amides is 1. The molecule has 0 saturated heterocycles. The van der Waals surface area contributed by atoms with Gasteiger partial charge in [-0.05, 0) is 20.8 Å². The number of aromatic nitrogens is 2. The van der Waals surface area contributed by atoms with Gasteiger partial charge in [-0.2, -0.15) is 4.98 Å². The van der Waals surface area contributed by atoms with Crippen LogP contribution in [0, 0.1) is 6.92 Å². The third kappa shape index (κ3) is 3.87. The molecule has 0 unspecified atom stereocenters. The molecule has 1 heterocycles. The lowest BCUT2D eigenvalue weighted by Crippen LogP contribution is -2.31.